The van der Waals surface area contributed by atoms with Crippen molar-refractivity contribution in [3.8, 4) is 0 Å². The molecule has 2 nitrogen and oxygen atoms in total. The summed E-state index contributed by atoms with van der Waals surface area (Å²) in [5.41, 5.74) is 6.44. The van der Waals surface area contributed by atoms with Crippen molar-refractivity contribution in [3.05, 3.63) is 30.1 Å². The normalized spacial score (nSPS) is 9.31. The zero-order valence-electron chi connectivity index (χ0n) is 8.83. The largest absolute Gasteiger partial charge is 0.330 e. The Kier molecular flexibility index (Phi) is 7.21. The average Bonchev–Trinajstić information content (AvgIpc) is 2.06. The van der Waals surface area contributed by atoms with Gasteiger partial charge in [0, 0.05) is 12.4 Å². The van der Waals surface area contributed by atoms with Crippen LogP contribution in [0.3, 0.4) is 0 Å². The first-order valence-corrected chi connectivity index (χ1v) is 4.73. The number of nitrogens with zero attached hydrogens (tertiary/aromatic N) is 1. The van der Waals surface area contributed by atoms with E-state index in [4.69, 9.17) is 5.73 Å². The Hall–Kier alpha value is -0.890. The Morgan fingerprint density at radius 2 is 2.15 bits per heavy atom. The molecule has 0 fully saturated rings. The first-order valence-electron chi connectivity index (χ1n) is 4.73. The number of aromatic nitrogens is 1. The van der Waals surface area contributed by atoms with E-state index in [9.17, 15) is 0 Å². The van der Waals surface area contributed by atoms with Crippen LogP contribution in [0.2, 0.25) is 0 Å². The van der Waals surface area contributed by atoms with Gasteiger partial charge in [0.1, 0.15) is 0 Å². The van der Waals surface area contributed by atoms with E-state index in [1.165, 1.54) is 5.56 Å². The Labute approximate surface area is 81.2 Å². The van der Waals surface area contributed by atoms with Crippen LogP contribution in [-0.2, 0) is 0 Å². The lowest BCUT2D eigenvalue weighted by atomic mass is 10.1. The molecular weight excluding hydrogens is 160 g/mol. The van der Waals surface area contributed by atoms with Gasteiger partial charge in [-0.3, -0.25) is 4.98 Å². The number of nitrogens with two attached hydrogens (primary N) is 1. The molecule has 0 spiro atoms. The molecule has 0 aliphatic heterocycles. The molecular formula is C11H20N2. The molecule has 74 valence electrons. The standard InChI is InChI=1S/C6H7N.C5H13N/c1-6-3-2-4-7-5-6;1-5(2)3-4-6/h2-5H,1H3;5H,3-4,6H2,1-2H3. The molecule has 13 heavy (non-hydrogen) atoms. The van der Waals surface area contributed by atoms with Crippen LogP contribution >= 0.6 is 0 Å². The molecule has 0 unspecified atom stereocenters. The van der Waals surface area contributed by atoms with Crippen molar-refractivity contribution < 1.29 is 0 Å². The van der Waals surface area contributed by atoms with Gasteiger partial charge in [-0.2, -0.15) is 0 Å². The van der Waals surface area contributed by atoms with Crippen LogP contribution in [0.25, 0.3) is 0 Å². The van der Waals surface area contributed by atoms with E-state index in [1.54, 1.807) is 6.20 Å². The van der Waals surface area contributed by atoms with Crippen molar-refractivity contribution in [2.75, 3.05) is 6.54 Å². The second-order valence-corrected chi connectivity index (χ2v) is 3.50. The fraction of sp³-hybridized carbons (Fsp3) is 0.545. The minimum Gasteiger partial charge on any atom is -0.330 e. The highest BCUT2D eigenvalue weighted by atomic mass is 14.6. The Morgan fingerprint density at radius 3 is 2.31 bits per heavy atom. The molecule has 2 N–H and O–H groups in total. The van der Waals surface area contributed by atoms with Crippen molar-refractivity contribution in [1.82, 2.24) is 4.98 Å². The molecule has 0 amide bonds. The van der Waals surface area contributed by atoms with Crippen LogP contribution in [-0.4, -0.2) is 11.5 Å². The molecule has 2 heteroatoms. The van der Waals surface area contributed by atoms with Gasteiger partial charge in [-0.15, -0.1) is 0 Å². The summed E-state index contributed by atoms with van der Waals surface area (Å²) in [7, 11) is 0. The van der Waals surface area contributed by atoms with Gasteiger partial charge in [0.25, 0.3) is 0 Å². The minimum absolute atomic E-state index is 0.773. The third-order valence-electron chi connectivity index (χ3n) is 1.55. The van der Waals surface area contributed by atoms with Gasteiger partial charge in [0.2, 0.25) is 0 Å². The molecule has 1 aromatic rings. The molecule has 0 saturated heterocycles. The van der Waals surface area contributed by atoms with Crippen molar-refractivity contribution in [2.24, 2.45) is 11.7 Å². The quantitative estimate of drug-likeness (QED) is 0.759. The van der Waals surface area contributed by atoms with Crippen molar-refractivity contribution in [3.63, 3.8) is 0 Å². The zero-order valence-corrected chi connectivity index (χ0v) is 8.83. The molecule has 0 radical (unpaired) electrons. The van der Waals surface area contributed by atoms with Gasteiger partial charge in [0.05, 0.1) is 0 Å². The topological polar surface area (TPSA) is 38.9 Å². The molecule has 0 bridgehead atoms. The number of hydrogen-bond donors (Lipinski definition) is 1. The summed E-state index contributed by atoms with van der Waals surface area (Å²) in [6.45, 7) is 7.20. The number of hydrogen-bond acceptors (Lipinski definition) is 2. The van der Waals surface area contributed by atoms with E-state index in [1.807, 2.05) is 25.3 Å². The molecule has 1 heterocycles. The highest BCUT2D eigenvalue weighted by Crippen LogP contribution is 1.93. The average molecular weight is 180 g/mol. The summed E-state index contributed by atoms with van der Waals surface area (Å²) in [5.74, 6) is 0.773. The summed E-state index contributed by atoms with van der Waals surface area (Å²) in [5, 5.41) is 0. The lowest BCUT2D eigenvalue weighted by Gasteiger charge is -1.96. The van der Waals surface area contributed by atoms with Crippen molar-refractivity contribution in [1.29, 1.82) is 0 Å². The number of pyridine rings is 1. The summed E-state index contributed by atoms with van der Waals surface area (Å²) in [6, 6.07) is 3.95. The van der Waals surface area contributed by atoms with Gasteiger partial charge in [-0.05, 0) is 37.4 Å². The fourth-order valence-corrected chi connectivity index (χ4v) is 0.781. The third-order valence-corrected chi connectivity index (χ3v) is 1.55. The summed E-state index contributed by atoms with van der Waals surface area (Å²) < 4.78 is 0. The Morgan fingerprint density at radius 1 is 1.46 bits per heavy atom. The maximum absolute atomic E-state index is 5.23. The SMILES string of the molecule is CC(C)CCN.Cc1cccnc1. The van der Waals surface area contributed by atoms with E-state index in [0.717, 1.165) is 18.9 Å². The highest BCUT2D eigenvalue weighted by molar-refractivity contribution is 5.04. The van der Waals surface area contributed by atoms with Crippen LogP contribution in [0, 0.1) is 12.8 Å². The minimum atomic E-state index is 0.773. The second-order valence-electron chi connectivity index (χ2n) is 3.50. The van der Waals surface area contributed by atoms with Crippen LogP contribution in [0.5, 0.6) is 0 Å². The molecule has 0 aliphatic carbocycles. The predicted molar refractivity (Wildman–Crippen MR) is 57.5 cm³/mol. The smallest absolute Gasteiger partial charge is 0.0297 e. The van der Waals surface area contributed by atoms with Crippen LogP contribution in [0.4, 0.5) is 0 Å². The van der Waals surface area contributed by atoms with Crippen LogP contribution < -0.4 is 5.73 Å². The second kappa shape index (κ2) is 7.74. The maximum atomic E-state index is 5.23. The van der Waals surface area contributed by atoms with E-state index < -0.39 is 0 Å². The van der Waals surface area contributed by atoms with Gasteiger partial charge in [-0.1, -0.05) is 19.9 Å². The van der Waals surface area contributed by atoms with Gasteiger partial charge in [0.15, 0.2) is 0 Å². The van der Waals surface area contributed by atoms with Gasteiger partial charge in [-0.25, -0.2) is 0 Å². The predicted octanol–water partition coefficient (Wildman–Crippen LogP) is 2.38. The first kappa shape index (κ1) is 12.1. The van der Waals surface area contributed by atoms with Crippen molar-refractivity contribution >= 4 is 0 Å². The monoisotopic (exact) mass is 180 g/mol. The lowest BCUT2D eigenvalue weighted by Crippen LogP contribution is -2.01. The van der Waals surface area contributed by atoms with Crippen molar-refractivity contribution in [2.45, 2.75) is 27.2 Å². The molecule has 0 atom stereocenters. The molecule has 0 saturated carbocycles. The van der Waals surface area contributed by atoms with Crippen LogP contribution in [0.1, 0.15) is 25.8 Å². The highest BCUT2D eigenvalue weighted by Gasteiger charge is 1.85. The summed E-state index contributed by atoms with van der Waals surface area (Å²) >= 11 is 0. The molecule has 1 rings (SSSR count). The van der Waals surface area contributed by atoms with E-state index in [-0.39, 0.29) is 0 Å². The molecule has 1 aromatic heterocycles. The Balaban J connectivity index is 0.000000226. The van der Waals surface area contributed by atoms with E-state index in [0.29, 0.717) is 0 Å². The maximum Gasteiger partial charge on any atom is 0.0297 e. The Bertz CT molecular complexity index is 195. The van der Waals surface area contributed by atoms with E-state index >= 15 is 0 Å². The summed E-state index contributed by atoms with van der Waals surface area (Å²) in [6.07, 6.45) is 4.76. The van der Waals surface area contributed by atoms with E-state index in [2.05, 4.69) is 18.8 Å². The molecule has 0 aliphatic rings. The van der Waals surface area contributed by atoms with Crippen LogP contribution in [0.15, 0.2) is 24.5 Å². The zero-order chi connectivity index (χ0) is 10.1. The van der Waals surface area contributed by atoms with Gasteiger partial charge < -0.3 is 5.73 Å². The summed E-state index contributed by atoms with van der Waals surface area (Å²) in [4.78, 5) is 3.88. The van der Waals surface area contributed by atoms with Gasteiger partial charge >= 0.3 is 0 Å². The third kappa shape index (κ3) is 9.02. The number of aryl methyl sites for hydroxylation is 1. The number of rotatable bonds is 2. The first-order chi connectivity index (χ1) is 6.16. The molecule has 0 aromatic carbocycles. The lowest BCUT2D eigenvalue weighted by molar-refractivity contribution is 0.596. The fourth-order valence-electron chi connectivity index (χ4n) is 0.781.